The highest BCUT2D eigenvalue weighted by molar-refractivity contribution is 7.11. The molecule has 6 nitrogen and oxygen atoms in total. The quantitative estimate of drug-likeness (QED) is 0.834. The Balaban J connectivity index is 1.30. The maximum absolute atomic E-state index is 11.8. The van der Waals surface area contributed by atoms with Crippen molar-refractivity contribution in [1.29, 1.82) is 0 Å². The molecule has 116 valence electrons. The zero-order valence-corrected chi connectivity index (χ0v) is 13.4. The Kier molecular flexibility index (Phi) is 3.54. The summed E-state index contributed by atoms with van der Waals surface area (Å²) in [6.07, 6.45) is 2.55. The Morgan fingerprint density at radius 2 is 2.09 bits per heavy atom. The Morgan fingerprint density at radius 3 is 2.86 bits per heavy atom. The van der Waals surface area contributed by atoms with Crippen LogP contribution in [0.15, 0.2) is 16.9 Å². The van der Waals surface area contributed by atoms with Gasteiger partial charge in [0, 0.05) is 31.0 Å². The van der Waals surface area contributed by atoms with Crippen LogP contribution in [-0.4, -0.2) is 38.0 Å². The first-order chi connectivity index (χ1) is 10.7. The average molecular weight is 317 g/mol. The zero-order chi connectivity index (χ0) is 15.1. The van der Waals surface area contributed by atoms with Crippen molar-refractivity contribution in [3.05, 3.63) is 38.2 Å². The van der Waals surface area contributed by atoms with Crippen LogP contribution in [0.3, 0.4) is 0 Å². The second kappa shape index (κ2) is 5.55. The molecule has 1 aliphatic carbocycles. The molecule has 0 unspecified atom stereocenters. The van der Waals surface area contributed by atoms with Gasteiger partial charge >= 0.3 is 0 Å². The van der Waals surface area contributed by atoms with Gasteiger partial charge in [0.2, 0.25) is 0 Å². The summed E-state index contributed by atoms with van der Waals surface area (Å²) in [6.45, 7) is 5.51. The summed E-state index contributed by atoms with van der Waals surface area (Å²) in [5.41, 5.74) is 0.875. The molecule has 3 heterocycles. The van der Waals surface area contributed by atoms with Crippen LogP contribution in [0.2, 0.25) is 0 Å². The largest absolute Gasteiger partial charge is 0.296 e. The van der Waals surface area contributed by atoms with Crippen molar-refractivity contribution in [2.75, 3.05) is 13.1 Å². The van der Waals surface area contributed by atoms with Gasteiger partial charge in [0.15, 0.2) is 0 Å². The highest BCUT2D eigenvalue weighted by Crippen LogP contribution is 2.41. The minimum atomic E-state index is -0.0118. The lowest BCUT2D eigenvalue weighted by Crippen LogP contribution is -2.48. The smallest absolute Gasteiger partial charge is 0.266 e. The van der Waals surface area contributed by atoms with E-state index in [1.807, 2.05) is 6.92 Å². The lowest BCUT2D eigenvalue weighted by Gasteiger charge is -2.38. The molecular formula is C15H19N5OS. The van der Waals surface area contributed by atoms with Gasteiger partial charge in [-0.3, -0.25) is 9.69 Å². The van der Waals surface area contributed by atoms with Gasteiger partial charge < -0.3 is 0 Å². The van der Waals surface area contributed by atoms with Gasteiger partial charge in [-0.15, -0.1) is 10.2 Å². The van der Waals surface area contributed by atoms with Gasteiger partial charge in [0.05, 0.1) is 18.8 Å². The molecule has 1 aliphatic heterocycles. The number of rotatable bonds is 5. The fraction of sp³-hybridized carbons (Fsp3) is 0.600. The first-order valence-electron chi connectivity index (χ1n) is 7.77. The lowest BCUT2D eigenvalue weighted by atomic mass is 10.0. The fourth-order valence-electron chi connectivity index (χ4n) is 2.86. The van der Waals surface area contributed by atoms with Crippen LogP contribution in [0.4, 0.5) is 0 Å². The topological polar surface area (TPSA) is 63.9 Å². The Hall–Kier alpha value is -1.60. The molecule has 2 fully saturated rings. The maximum Gasteiger partial charge on any atom is 0.266 e. The molecule has 4 rings (SSSR count). The maximum atomic E-state index is 11.8. The molecular weight excluding hydrogens is 298 g/mol. The number of aromatic nitrogens is 4. The molecule has 2 aliphatic rings. The molecule has 0 atom stereocenters. The van der Waals surface area contributed by atoms with Crippen molar-refractivity contribution in [3.63, 3.8) is 0 Å². The third kappa shape index (κ3) is 2.96. The summed E-state index contributed by atoms with van der Waals surface area (Å²) in [5.74, 6) is 1.19. The van der Waals surface area contributed by atoms with E-state index in [0.29, 0.717) is 18.4 Å². The fourth-order valence-corrected chi connectivity index (χ4v) is 3.92. The Bertz CT molecular complexity index is 730. The van der Waals surface area contributed by atoms with Crippen LogP contribution in [0.25, 0.3) is 0 Å². The molecule has 2 aromatic heterocycles. The first-order valence-corrected chi connectivity index (χ1v) is 8.58. The van der Waals surface area contributed by atoms with E-state index in [4.69, 9.17) is 0 Å². The van der Waals surface area contributed by atoms with E-state index in [-0.39, 0.29) is 5.56 Å². The van der Waals surface area contributed by atoms with Gasteiger partial charge in [-0.25, -0.2) is 4.68 Å². The zero-order valence-electron chi connectivity index (χ0n) is 12.6. The number of hydrogen-bond donors (Lipinski definition) is 0. The third-order valence-electron chi connectivity index (χ3n) is 4.23. The van der Waals surface area contributed by atoms with Crippen LogP contribution >= 0.6 is 11.3 Å². The lowest BCUT2D eigenvalue weighted by molar-refractivity contribution is 0.0763. The van der Waals surface area contributed by atoms with E-state index in [2.05, 4.69) is 20.2 Å². The Labute approximate surface area is 132 Å². The van der Waals surface area contributed by atoms with E-state index in [1.165, 1.54) is 17.8 Å². The van der Waals surface area contributed by atoms with Gasteiger partial charge in [-0.2, -0.15) is 5.10 Å². The molecule has 7 heteroatoms. The minimum absolute atomic E-state index is 0.0118. The van der Waals surface area contributed by atoms with Crippen molar-refractivity contribution in [2.45, 2.75) is 38.8 Å². The predicted octanol–water partition coefficient (Wildman–Crippen LogP) is 1.41. The SMILES string of the molecule is Cc1ccc(=O)n(CC2CN(Cc3nnc(C4CC4)s3)C2)n1. The van der Waals surface area contributed by atoms with E-state index in [0.717, 1.165) is 30.3 Å². The summed E-state index contributed by atoms with van der Waals surface area (Å²) in [4.78, 5) is 14.1. The number of hydrogen-bond acceptors (Lipinski definition) is 6. The summed E-state index contributed by atoms with van der Waals surface area (Å²) < 4.78 is 1.59. The first kappa shape index (κ1) is 14.0. The second-order valence-corrected chi connectivity index (χ2v) is 7.46. The van der Waals surface area contributed by atoms with Gasteiger partial charge in [0.25, 0.3) is 5.56 Å². The van der Waals surface area contributed by atoms with Crippen LogP contribution in [-0.2, 0) is 13.1 Å². The van der Waals surface area contributed by atoms with Crippen LogP contribution in [0.5, 0.6) is 0 Å². The van der Waals surface area contributed by atoms with Crippen molar-refractivity contribution < 1.29 is 0 Å². The summed E-state index contributed by atoms with van der Waals surface area (Å²) in [6, 6.07) is 3.36. The summed E-state index contributed by atoms with van der Waals surface area (Å²) in [7, 11) is 0. The van der Waals surface area contributed by atoms with Crippen molar-refractivity contribution in [3.8, 4) is 0 Å². The standard InChI is InChI=1S/C15H19N5OS/c1-10-2-5-14(21)20(18-10)8-11-6-19(7-11)9-13-16-17-15(22-13)12-3-4-12/h2,5,11-12H,3-4,6-9H2,1H3. The molecule has 0 N–H and O–H groups in total. The second-order valence-electron chi connectivity index (χ2n) is 6.36. The summed E-state index contributed by atoms with van der Waals surface area (Å²) >= 11 is 1.76. The van der Waals surface area contributed by atoms with E-state index >= 15 is 0 Å². The number of nitrogens with zero attached hydrogens (tertiary/aromatic N) is 5. The molecule has 22 heavy (non-hydrogen) atoms. The minimum Gasteiger partial charge on any atom is -0.296 e. The van der Waals surface area contributed by atoms with Gasteiger partial charge in [-0.1, -0.05) is 11.3 Å². The van der Waals surface area contributed by atoms with E-state index in [9.17, 15) is 4.79 Å². The van der Waals surface area contributed by atoms with Crippen LogP contribution in [0, 0.1) is 12.8 Å². The van der Waals surface area contributed by atoms with Crippen molar-refractivity contribution >= 4 is 11.3 Å². The van der Waals surface area contributed by atoms with Crippen LogP contribution in [0.1, 0.15) is 34.5 Å². The van der Waals surface area contributed by atoms with Gasteiger partial charge in [-0.05, 0) is 25.8 Å². The molecule has 1 saturated carbocycles. The highest BCUT2D eigenvalue weighted by atomic mass is 32.1. The predicted molar refractivity (Wildman–Crippen MR) is 83.9 cm³/mol. The number of aryl methyl sites for hydroxylation is 1. The normalized spacial score (nSPS) is 19.3. The average Bonchev–Trinajstić information content (AvgIpc) is 3.20. The summed E-state index contributed by atoms with van der Waals surface area (Å²) in [5, 5.41) is 15.2. The molecule has 2 aromatic rings. The van der Waals surface area contributed by atoms with Gasteiger partial charge in [0.1, 0.15) is 10.0 Å². The molecule has 0 bridgehead atoms. The highest BCUT2D eigenvalue weighted by Gasteiger charge is 2.30. The van der Waals surface area contributed by atoms with Crippen LogP contribution < -0.4 is 5.56 Å². The van der Waals surface area contributed by atoms with Crippen molar-refractivity contribution in [2.24, 2.45) is 5.92 Å². The Morgan fingerprint density at radius 1 is 1.27 bits per heavy atom. The monoisotopic (exact) mass is 317 g/mol. The molecule has 0 radical (unpaired) electrons. The molecule has 0 amide bonds. The molecule has 0 aromatic carbocycles. The van der Waals surface area contributed by atoms with E-state index in [1.54, 1.807) is 28.2 Å². The molecule has 0 spiro atoms. The van der Waals surface area contributed by atoms with Crippen molar-refractivity contribution in [1.82, 2.24) is 24.9 Å². The third-order valence-corrected chi connectivity index (χ3v) is 5.30. The molecule has 1 saturated heterocycles. The number of likely N-dealkylation sites (tertiary alicyclic amines) is 1. The van der Waals surface area contributed by atoms with E-state index < -0.39 is 0 Å².